The van der Waals surface area contributed by atoms with E-state index in [1.807, 2.05) is 13.8 Å². The molecule has 0 amide bonds. The first-order valence-electron chi connectivity index (χ1n) is 5.43. The Bertz CT molecular complexity index is 230. The van der Waals surface area contributed by atoms with E-state index in [2.05, 4.69) is 6.92 Å². The van der Waals surface area contributed by atoms with Gasteiger partial charge in [-0.1, -0.05) is 20.8 Å². The Morgan fingerprint density at radius 2 is 2.07 bits per heavy atom. The molecule has 0 aromatic rings. The number of Topliss-reactive ketones (excluding diaryl/α,β-unsaturated/α-hetero) is 1. The van der Waals surface area contributed by atoms with Gasteiger partial charge < -0.3 is 4.79 Å². The molecule has 1 fully saturated rings. The number of hydrogen-bond acceptors (Lipinski definition) is 2. The molecule has 0 bridgehead atoms. The number of carbonyl (C=O) groups is 2. The Balaban J connectivity index is 2.68. The molecule has 1 aliphatic carbocycles. The Labute approximate surface area is 86.1 Å². The Morgan fingerprint density at radius 1 is 1.43 bits per heavy atom. The van der Waals surface area contributed by atoms with Gasteiger partial charge in [-0.3, -0.25) is 4.79 Å². The second kappa shape index (κ2) is 4.24. The lowest BCUT2D eigenvalue weighted by Crippen LogP contribution is -2.35. The third kappa shape index (κ3) is 2.43. The summed E-state index contributed by atoms with van der Waals surface area (Å²) >= 11 is 0. The molecule has 14 heavy (non-hydrogen) atoms. The Morgan fingerprint density at radius 3 is 2.57 bits per heavy atom. The number of ketones is 1. The molecule has 0 spiro atoms. The summed E-state index contributed by atoms with van der Waals surface area (Å²) in [6.07, 6.45) is 4.22. The number of hydrogen-bond donors (Lipinski definition) is 0. The Hall–Kier alpha value is -0.660. The van der Waals surface area contributed by atoms with Gasteiger partial charge in [-0.2, -0.15) is 0 Å². The van der Waals surface area contributed by atoms with Crippen LogP contribution in [0.2, 0.25) is 0 Å². The zero-order valence-electron chi connectivity index (χ0n) is 9.38. The van der Waals surface area contributed by atoms with Crippen LogP contribution in [0.1, 0.15) is 46.5 Å². The van der Waals surface area contributed by atoms with Crippen LogP contribution in [0, 0.1) is 17.3 Å². The van der Waals surface area contributed by atoms with Crippen LogP contribution in [0.25, 0.3) is 0 Å². The number of aldehydes is 1. The van der Waals surface area contributed by atoms with Gasteiger partial charge in [0.1, 0.15) is 12.1 Å². The second-order valence-corrected chi connectivity index (χ2v) is 5.26. The summed E-state index contributed by atoms with van der Waals surface area (Å²) in [5.74, 6) is 0.991. The lowest BCUT2D eigenvalue weighted by atomic mass is 9.67. The van der Waals surface area contributed by atoms with Crippen LogP contribution >= 0.6 is 0 Å². The highest BCUT2D eigenvalue weighted by atomic mass is 16.1. The van der Waals surface area contributed by atoms with E-state index < -0.39 is 0 Å². The van der Waals surface area contributed by atoms with E-state index in [9.17, 15) is 9.59 Å². The summed E-state index contributed by atoms with van der Waals surface area (Å²) in [7, 11) is 0. The van der Waals surface area contributed by atoms with Crippen LogP contribution in [0.3, 0.4) is 0 Å². The van der Waals surface area contributed by atoms with Crippen LogP contribution in [0.4, 0.5) is 0 Å². The molecule has 80 valence electrons. The standard InChI is InChI=1S/C12H20O2/c1-9-4-5-10(11(14)8-9)12(2,3)6-7-13/h7,9-10H,4-6,8H2,1-3H3/t9-,10-/m1/s1. The van der Waals surface area contributed by atoms with E-state index in [4.69, 9.17) is 0 Å². The van der Waals surface area contributed by atoms with Crippen molar-refractivity contribution in [2.45, 2.75) is 46.5 Å². The van der Waals surface area contributed by atoms with Crippen molar-refractivity contribution in [2.75, 3.05) is 0 Å². The molecule has 1 aliphatic rings. The molecule has 0 aromatic carbocycles. The average Bonchev–Trinajstić information content (AvgIpc) is 2.02. The third-order valence-corrected chi connectivity index (χ3v) is 3.44. The van der Waals surface area contributed by atoms with Crippen molar-refractivity contribution in [3.63, 3.8) is 0 Å². The molecule has 2 nitrogen and oxygen atoms in total. The van der Waals surface area contributed by atoms with Crippen LogP contribution in [0.5, 0.6) is 0 Å². The Kier molecular flexibility index (Phi) is 3.46. The second-order valence-electron chi connectivity index (χ2n) is 5.26. The first kappa shape index (κ1) is 11.4. The van der Waals surface area contributed by atoms with Crippen molar-refractivity contribution in [2.24, 2.45) is 17.3 Å². The molecular formula is C12H20O2. The minimum absolute atomic E-state index is 0.101. The van der Waals surface area contributed by atoms with Crippen molar-refractivity contribution >= 4 is 12.1 Å². The maximum Gasteiger partial charge on any atom is 0.136 e. The monoisotopic (exact) mass is 196 g/mol. The summed E-state index contributed by atoms with van der Waals surface area (Å²) in [5.41, 5.74) is -0.140. The fraction of sp³-hybridized carbons (Fsp3) is 0.833. The largest absolute Gasteiger partial charge is 0.303 e. The van der Waals surface area contributed by atoms with Gasteiger partial charge in [0.05, 0.1) is 0 Å². The number of rotatable bonds is 3. The molecule has 0 saturated heterocycles. The fourth-order valence-corrected chi connectivity index (χ4v) is 2.38. The van der Waals surface area contributed by atoms with Crippen molar-refractivity contribution < 1.29 is 9.59 Å². The SMILES string of the molecule is C[C@@H]1CC[C@@H](C(C)(C)CC=O)C(=O)C1. The van der Waals surface area contributed by atoms with E-state index in [0.29, 0.717) is 24.5 Å². The van der Waals surface area contributed by atoms with Gasteiger partial charge in [0.15, 0.2) is 0 Å². The average molecular weight is 196 g/mol. The lowest BCUT2D eigenvalue weighted by Gasteiger charge is -2.36. The minimum atomic E-state index is -0.140. The molecule has 0 N–H and O–H groups in total. The molecule has 0 unspecified atom stereocenters. The molecule has 1 saturated carbocycles. The van der Waals surface area contributed by atoms with Gasteiger partial charge in [-0.25, -0.2) is 0 Å². The van der Waals surface area contributed by atoms with Gasteiger partial charge >= 0.3 is 0 Å². The van der Waals surface area contributed by atoms with Crippen LogP contribution < -0.4 is 0 Å². The summed E-state index contributed by atoms with van der Waals surface area (Å²) in [6, 6.07) is 0. The predicted octanol–water partition coefficient (Wildman–Crippen LogP) is 2.61. The van der Waals surface area contributed by atoms with Crippen molar-refractivity contribution in [3.05, 3.63) is 0 Å². The molecule has 2 heteroatoms. The summed E-state index contributed by atoms with van der Waals surface area (Å²) in [6.45, 7) is 6.18. The van der Waals surface area contributed by atoms with Crippen molar-refractivity contribution in [1.82, 2.24) is 0 Å². The van der Waals surface area contributed by atoms with Crippen LogP contribution in [-0.4, -0.2) is 12.1 Å². The summed E-state index contributed by atoms with van der Waals surface area (Å²) < 4.78 is 0. The van der Waals surface area contributed by atoms with Crippen molar-refractivity contribution in [1.29, 1.82) is 0 Å². The minimum Gasteiger partial charge on any atom is -0.303 e. The summed E-state index contributed by atoms with van der Waals surface area (Å²) in [5, 5.41) is 0. The van der Waals surface area contributed by atoms with E-state index >= 15 is 0 Å². The topological polar surface area (TPSA) is 34.1 Å². The maximum atomic E-state index is 11.8. The molecule has 1 rings (SSSR count). The molecular weight excluding hydrogens is 176 g/mol. The normalized spacial score (nSPS) is 28.9. The van der Waals surface area contributed by atoms with Crippen LogP contribution in [0.15, 0.2) is 0 Å². The number of carbonyl (C=O) groups excluding carboxylic acids is 2. The van der Waals surface area contributed by atoms with E-state index in [1.165, 1.54) is 0 Å². The molecule has 0 aliphatic heterocycles. The first-order valence-corrected chi connectivity index (χ1v) is 5.43. The van der Waals surface area contributed by atoms with Crippen molar-refractivity contribution in [3.8, 4) is 0 Å². The summed E-state index contributed by atoms with van der Waals surface area (Å²) in [4.78, 5) is 22.3. The van der Waals surface area contributed by atoms with Gasteiger partial charge in [0.2, 0.25) is 0 Å². The van der Waals surface area contributed by atoms with Gasteiger partial charge in [0.25, 0.3) is 0 Å². The predicted molar refractivity (Wildman–Crippen MR) is 56.0 cm³/mol. The molecule has 0 heterocycles. The van der Waals surface area contributed by atoms with Gasteiger partial charge in [-0.05, 0) is 24.2 Å². The lowest BCUT2D eigenvalue weighted by molar-refractivity contribution is -0.130. The highest BCUT2D eigenvalue weighted by molar-refractivity contribution is 5.83. The third-order valence-electron chi connectivity index (χ3n) is 3.44. The highest BCUT2D eigenvalue weighted by Gasteiger charge is 2.37. The molecule has 0 radical (unpaired) electrons. The van der Waals surface area contributed by atoms with E-state index in [0.717, 1.165) is 19.1 Å². The molecule has 0 aromatic heterocycles. The smallest absolute Gasteiger partial charge is 0.136 e. The zero-order chi connectivity index (χ0) is 10.8. The maximum absolute atomic E-state index is 11.8. The van der Waals surface area contributed by atoms with Crippen LogP contribution in [-0.2, 0) is 9.59 Å². The van der Waals surface area contributed by atoms with Gasteiger partial charge in [0, 0.05) is 18.8 Å². The molecule has 2 atom stereocenters. The van der Waals surface area contributed by atoms with Gasteiger partial charge in [-0.15, -0.1) is 0 Å². The zero-order valence-corrected chi connectivity index (χ0v) is 9.38. The highest BCUT2D eigenvalue weighted by Crippen LogP contribution is 2.39. The quantitative estimate of drug-likeness (QED) is 0.650. The van der Waals surface area contributed by atoms with E-state index in [-0.39, 0.29) is 11.3 Å². The van der Waals surface area contributed by atoms with E-state index in [1.54, 1.807) is 0 Å². The first-order chi connectivity index (χ1) is 6.47. The fourth-order valence-electron chi connectivity index (χ4n) is 2.38.